The van der Waals surface area contributed by atoms with Gasteiger partial charge in [0, 0.05) is 12.6 Å². The van der Waals surface area contributed by atoms with Gasteiger partial charge in [-0.05, 0) is 55.6 Å². The van der Waals surface area contributed by atoms with E-state index in [0.717, 1.165) is 12.6 Å². The molecule has 0 spiro atoms. The van der Waals surface area contributed by atoms with Crippen molar-refractivity contribution in [1.29, 1.82) is 0 Å². The van der Waals surface area contributed by atoms with E-state index in [1.54, 1.807) is 11.1 Å². The zero-order valence-electron chi connectivity index (χ0n) is 11.1. The van der Waals surface area contributed by atoms with E-state index >= 15 is 0 Å². The summed E-state index contributed by atoms with van der Waals surface area (Å²) in [5.74, 6) is 0. The standard InChI is InChI=1S/C16H23N/c1-3-16(8-9-16)15-7-4-12(2)10-13(15)11-17-14-5-6-14/h4,7,10,14,17H,3,5-6,8-9,11H2,1-2H3. The molecule has 1 N–H and O–H groups in total. The van der Waals surface area contributed by atoms with E-state index in [4.69, 9.17) is 0 Å². The molecule has 0 aliphatic heterocycles. The maximum atomic E-state index is 3.66. The summed E-state index contributed by atoms with van der Waals surface area (Å²) in [6, 6.07) is 7.86. The summed E-state index contributed by atoms with van der Waals surface area (Å²) in [6.45, 7) is 5.62. The molecule has 1 nitrogen and oxygen atoms in total. The van der Waals surface area contributed by atoms with Gasteiger partial charge in [-0.3, -0.25) is 0 Å². The molecule has 92 valence electrons. The minimum absolute atomic E-state index is 0.536. The fourth-order valence-electron chi connectivity index (χ4n) is 2.89. The largest absolute Gasteiger partial charge is 0.310 e. The van der Waals surface area contributed by atoms with Crippen LogP contribution in [0.2, 0.25) is 0 Å². The molecule has 0 heterocycles. The third-order valence-corrected chi connectivity index (χ3v) is 4.52. The molecule has 1 heteroatoms. The average molecular weight is 229 g/mol. The first-order chi connectivity index (χ1) is 8.23. The first-order valence-corrected chi connectivity index (χ1v) is 7.07. The second kappa shape index (κ2) is 4.13. The molecule has 2 fully saturated rings. The van der Waals surface area contributed by atoms with Crippen molar-refractivity contribution < 1.29 is 0 Å². The zero-order valence-corrected chi connectivity index (χ0v) is 11.1. The first-order valence-electron chi connectivity index (χ1n) is 7.07. The first kappa shape index (κ1) is 11.3. The number of aryl methyl sites for hydroxylation is 1. The number of benzene rings is 1. The Morgan fingerprint density at radius 3 is 2.65 bits per heavy atom. The summed E-state index contributed by atoms with van der Waals surface area (Å²) >= 11 is 0. The van der Waals surface area contributed by atoms with Gasteiger partial charge in [-0.1, -0.05) is 30.7 Å². The number of hydrogen-bond donors (Lipinski definition) is 1. The highest BCUT2D eigenvalue weighted by Gasteiger charge is 2.43. The van der Waals surface area contributed by atoms with Gasteiger partial charge in [0.2, 0.25) is 0 Å². The number of nitrogens with one attached hydrogen (secondary N) is 1. The molecule has 1 aromatic carbocycles. The van der Waals surface area contributed by atoms with Gasteiger partial charge in [0.1, 0.15) is 0 Å². The van der Waals surface area contributed by atoms with Crippen LogP contribution in [0.1, 0.15) is 55.7 Å². The lowest BCUT2D eigenvalue weighted by Crippen LogP contribution is -2.19. The van der Waals surface area contributed by atoms with Crippen LogP contribution in [0.3, 0.4) is 0 Å². The quantitative estimate of drug-likeness (QED) is 0.812. The molecule has 2 aliphatic carbocycles. The summed E-state index contributed by atoms with van der Waals surface area (Å²) in [5, 5.41) is 3.66. The molecular formula is C16H23N. The third-order valence-electron chi connectivity index (χ3n) is 4.52. The Balaban J connectivity index is 1.84. The van der Waals surface area contributed by atoms with E-state index in [1.165, 1.54) is 37.7 Å². The maximum Gasteiger partial charge on any atom is 0.0211 e. The van der Waals surface area contributed by atoms with Crippen molar-refractivity contribution >= 4 is 0 Å². The van der Waals surface area contributed by atoms with Gasteiger partial charge in [-0.25, -0.2) is 0 Å². The molecule has 0 saturated heterocycles. The van der Waals surface area contributed by atoms with E-state index in [0.29, 0.717) is 5.41 Å². The lowest BCUT2D eigenvalue weighted by atomic mass is 9.88. The molecule has 0 bridgehead atoms. The highest BCUT2D eigenvalue weighted by atomic mass is 14.9. The minimum atomic E-state index is 0.536. The van der Waals surface area contributed by atoms with Gasteiger partial charge in [0.25, 0.3) is 0 Å². The second-order valence-corrected chi connectivity index (χ2v) is 5.95. The molecule has 0 unspecified atom stereocenters. The van der Waals surface area contributed by atoms with Gasteiger partial charge in [0.05, 0.1) is 0 Å². The Hall–Kier alpha value is -0.820. The number of rotatable bonds is 5. The van der Waals surface area contributed by atoms with Gasteiger partial charge in [0.15, 0.2) is 0 Å². The lowest BCUT2D eigenvalue weighted by Gasteiger charge is -2.19. The van der Waals surface area contributed by atoms with Crippen LogP contribution >= 0.6 is 0 Å². The fraction of sp³-hybridized carbons (Fsp3) is 0.625. The van der Waals surface area contributed by atoms with Crippen molar-refractivity contribution in [1.82, 2.24) is 5.32 Å². The second-order valence-electron chi connectivity index (χ2n) is 5.95. The van der Waals surface area contributed by atoms with Crippen molar-refractivity contribution in [3.05, 3.63) is 34.9 Å². The molecule has 0 atom stereocenters. The molecule has 0 amide bonds. The Kier molecular flexibility index (Phi) is 2.74. The van der Waals surface area contributed by atoms with Gasteiger partial charge in [-0.15, -0.1) is 0 Å². The SMILES string of the molecule is CCC1(c2ccc(C)cc2CNC2CC2)CC1. The molecule has 0 aromatic heterocycles. The van der Waals surface area contributed by atoms with Crippen molar-refractivity contribution in [2.75, 3.05) is 0 Å². The third kappa shape index (κ3) is 2.26. The molecule has 3 rings (SSSR count). The van der Waals surface area contributed by atoms with Crippen LogP contribution in [0.5, 0.6) is 0 Å². The average Bonchev–Trinajstić information content (AvgIpc) is 3.21. The van der Waals surface area contributed by atoms with Gasteiger partial charge in [-0.2, -0.15) is 0 Å². The summed E-state index contributed by atoms with van der Waals surface area (Å²) < 4.78 is 0. The Bertz CT molecular complexity index is 414. The normalized spacial score (nSPS) is 21.5. The van der Waals surface area contributed by atoms with E-state index < -0.39 is 0 Å². The Labute approximate surface area is 105 Å². The molecule has 2 saturated carbocycles. The maximum absolute atomic E-state index is 3.66. The number of hydrogen-bond acceptors (Lipinski definition) is 1. The highest BCUT2D eigenvalue weighted by molar-refractivity contribution is 5.40. The van der Waals surface area contributed by atoms with Crippen LogP contribution in [0, 0.1) is 6.92 Å². The summed E-state index contributed by atoms with van der Waals surface area (Å²) in [6.07, 6.45) is 6.83. The van der Waals surface area contributed by atoms with Crippen LogP contribution in [0.4, 0.5) is 0 Å². The lowest BCUT2D eigenvalue weighted by molar-refractivity contribution is 0.630. The smallest absolute Gasteiger partial charge is 0.0211 e. The van der Waals surface area contributed by atoms with E-state index in [1.807, 2.05) is 0 Å². The van der Waals surface area contributed by atoms with Crippen LogP contribution in [0.15, 0.2) is 18.2 Å². The molecule has 17 heavy (non-hydrogen) atoms. The van der Waals surface area contributed by atoms with Gasteiger partial charge >= 0.3 is 0 Å². The van der Waals surface area contributed by atoms with E-state index in [9.17, 15) is 0 Å². The summed E-state index contributed by atoms with van der Waals surface area (Å²) in [4.78, 5) is 0. The monoisotopic (exact) mass is 229 g/mol. The Morgan fingerprint density at radius 2 is 2.06 bits per heavy atom. The Morgan fingerprint density at radius 1 is 1.29 bits per heavy atom. The minimum Gasteiger partial charge on any atom is -0.310 e. The van der Waals surface area contributed by atoms with E-state index in [-0.39, 0.29) is 0 Å². The molecule has 0 radical (unpaired) electrons. The predicted octanol–water partition coefficient (Wildman–Crippen LogP) is 3.69. The van der Waals surface area contributed by atoms with E-state index in [2.05, 4.69) is 37.4 Å². The zero-order chi connectivity index (χ0) is 11.9. The molecule has 1 aromatic rings. The van der Waals surface area contributed by atoms with Crippen LogP contribution in [-0.4, -0.2) is 6.04 Å². The van der Waals surface area contributed by atoms with Gasteiger partial charge < -0.3 is 5.32 Å². The van der Waals surface area contributed by atoms with Crippen LogP contribution in [0.25, 0.3) is 0 Å². The summed E-state index contributed by atoms with van der Waals surface area (Å²) in [7, 11) is 0. The van der Waals surface area contributed by atoms with Crippen molar-refractivity contribution in [2.45, 2.75) is 64.0 Å². The summed E-state index contributed by atoms with van der Waals surface area (Å²) in [5.41, 5.74) is 5.11. The van der Waals surface area contributed by atoms with Crippen LogP contribution in [-0.2, 0) is 12.0 Å². The predicted molar refractivity (Wildman–Crippen MR) is 72.2 cm³/mol. The molecule has 2 aliphatic rings. The van der Waals surface area contributed by atoms with Crippen LogP contribution < -0.4 is 5.32 Å². The molecular weight excluding hydrogens is 206 g/mol. The van der Waals surface area contributed by atoms with Crippen molar-refractivity contribution in [3.8, 4) is 0 Å². The van der Waals surface area contributed by atoms with Crippen molar-refractivity contribution in [2.24, 2.45) is 0 Å². The topological polar surface area (TPSA) is 12.0 Å². The van der Waals surface area contributed by atoms with Crippen molar-refractivity contribution in [3.63, 3.8) is 0 Å². The fourth-order valence-corrected chi connectivity index (χ4v) is 2.89. The highest BCUT2D eigenvalue weighted by Crippen LogP contribution is 2.52.